The molecular weight excluding hydrogens is 530 g/mol. The molecule has 1 saturated heterocycles. The predicted octanol–water partition coefficient (Wildman–Crippen LogP) is 4.16. The molecule has 41 heavy (non-hydrogen) atoms. The summed E-state index contributed by atoms with van der Waals surface area (Å²) >= 11 is 0. The maximum absolute atomic E-state index is 13.8. The fraction of sp³-hybridized carbons (Fsp3) is 0.667. The van der Waals surface area contributed by atoms with Crippen molar-refractivity contribution < 1.29 is 38.1 Å². The second-order valence-electron chi connectivity index (χ2n) is 12.1. The highest BCUT2D eigenvalue weighted by Crippen LogP contribution is 2.33. The van der Waals surface area contributed by atoms with Crippen LogP contribution in [0.3, 0.4) is 0 Å². The Morgan fingerprint density at radius 2 is 1.66 bits per heavy atom. The summed E-state index contributed by atoms with van der Waals surface area (Å²) in [5.41, 5.74) is 1.30. The van der Waals surface area contributed by atoms with Gasteiger partial charge in [0, 0.05) is 18.5 Å². The van der Waals surface area contributed by atoms with Crippen molar-refractivity contribution in [2.75, 3.05) is 26.9 Å². The number of esters is 1. The third-order valence-electron chi connectivity index (χ3n) is 7.89. The molecule has 1 aromatic carbocycles. The lowest BCUT2D eigenvalue weighted by molar-refractivity contribution is -0.152. The van der Waals surface area contributed by atoms with Gasteiger partial charge in [-0.15, -0.1) is 0 Å². The van der Waals surface area contributed by atoms with E-state index < -0.39 is 47.7 Å². The number of alkyl carbamates (subject to hydrolysis) is 1. The Labute approximate surface area is 241 Å². The van der Waals surface area contributed by atoms with Crippen LogP contribution in [0.1, 0.15) is 76.8 Å². The third-order valence-corrected chi connectivity index (χ3v) is 7.89. The predicted molar refractivity (Wildman–Crippen MR) is 149 cm³/mol. The summed E-state index contributed by atoms with van der Waals surface area (Å²) < 4.78 is 22.3. The molecule has 0 saturated carbocycles. The summed E-state index contributed by atoms with van der Waals surface area (Å²) in [6.45, 7) is 7.08. The maximum Gasteiger partial charge on any atom is 0.410 e. The van der Waals surface area contributed by atoms with Crippen LogP contribution in [0.2, 0.25) is 0 Å². The van der Waals surface area contributed by atoms with Crippen molar-refractivity contribution in [1.82, 2.24) is 15.1 Å². The summed E-state index contributed by atoms with van der Waals surface area (Å²) in [5, 5.41) is 2.71. The molecule has 0 aliphatic carbocycles. The van der Waals surface area contributed by atoms with E-state index >= 15 is 0 Å². The summed E-state index contributed by atoms with van der Waals surface area (Å²) in [6, 6.07) is 3.92. The van der Waals surface area contributed by atoms with Crippen LogP contribution in [-0.4, -0.2) is 78.9 Å². The van der Waals surface area contributed by atoms with Crippen molar-refractivity contribution in [3.8, 4) is 5.75 Å². The van der Waals surface area contributed by atoms with Gasteiger partial charge in [-0.1, -0.05) is 58.6 Å². The quantitative estimate of drug-likeness (QED) is 0.393. The molecule has 226 valence electrons. The van der Waals surface area contributed by atoms with Crippen LogP contribution in [0, 0.1) is 5.41 Å². The van der Waals surface area contributed by atoms with E-state index in [1.807, 2.05) is 39.0 Å². The Morgan fingerprint density at radius 3 is 2.34 bits per heavy atom. The molecule has 4 rings (SSSR count). The highest BCUT2D eigenvalue weighted by atomic mass is 16.6. The lowest BCUT2D eigenvalue weighted by Gasteiger charge is -2.34. The fourth-order valence-corrected chi connectivity index (χ4v) is 5.59. The number of nitrogens with zero attached hydrogens (tertiary/aromatic N) is 2. The van der Waals surface area contributed by atoms with Crippen LogP contribution in [0.15, 0.2) is 18.2 Å². The molecule has 3 heterocycles. The van der Waals surface area contributed by atoms with Crippen LogP contribution < -0.4 is 10.1 Å². The first-order chi connectivity index (χ1) is 19.6. The fourth-order valence-electron chi connectivity index (χ4n) is 5.59. The minimum atomic E-state index is -0.968. The Hall–Kier alpha value is -3.50. The molecule has 3 atom stereocenters. The largest absolute Gasteiger partial charge is 0.493 e. The average molecular weight is 574 g/mol. The molecule has 3 aliphatic heterocycles. The van der Waals surface area contributed by atoms with Crippen LogP contribution in [0.25, 0.3) is 0 Å². The van der Waals surface area contributed by atoms with E-state index in [1.54, 1.807) is 4.90 Å². The highest BCUT2D eigenvalue weighted by Gasteiger charge is 2.47. The first kappa shape index (κ1) is 30.5. The number of nitrogens with one attached hydrogen (secondary N) is 1. The number of hydrogen-bond acceptors (Lipinski definition) is 8. The standard InChI is InChI=1S/C30H43N3O8/c1-30(2,3)25-26(34)33-18-21(16-23(33)27(35)38-4)41-29(37)32-17-20-12-11-13-24(22(20)19-32)39-14-9-7-5-6-8-10-15-40-28(36)31-25/h11-13,21,23,25H,5-10,14-19H2,1-4H3,(H,31,36)/t21?,23?,25-/m1/s1. The normalized spacial score (nSPS) is 25.1. The topological polar surface area (TPSA) is 124 Å². The van der Waals surface area contributed by atoms with Gasteiger partial charge in [-0.05, 0) is 29.9 Å². The number of cyclic esters (lactones) is 1. The van der Waals surface area contributed by atoms with Gasteiger partial charge in [-0.3, -0.25) is 9.69 Å². The van der Waals surface area contributed by atoms with Gasteiger partial charge in [0.1, 0.15) is 23.9 Å². The number of benzene rings is 1. The lowest BCUT2D eigenvalue weighted by atomic mass is 9.85. The monoisotopic (exact) mass is 573 g/mol. The number of rotatable bonds is 1. The van der Waals surface area contributed by atoms with E-state index in [0.717, 1.165) is 55.4 Å². The number of carbonyl (C=O) groups excluding carboxylic acids is 4. The van der Waals surface area contributed by atoms with Gasteiger partial charge in [0.2, 0.25) is 5.91 Å². The smallest absolute Gasteiger partial charge is 0.410 e. The molecule has 11 nitrogen and oxygen atoms in total. The van der Waals surface area contributed by atoms with Gasteiger partial charge in [0.25, 0.3) is 0 Å². The Bertz CT molecular complexity index is 1120. The first-order valence-corrected chi connectivity index (χ1v) is 14.6. The van der Waals surface area contributed by atoms with Gasteiger partial charge in [-0.2, -0.15) is 0 Å². The second kappa shape index (κ2) is 13.4. The molecular formula is C30H43N3O8. The van der Waals surface area contributed by atoms with E-state index in [1.165, 1.54) is 12.0 Å². The molecule has 0 aromatic heterocycles. The number of ether oxygens (including phenoxy) is 4. The molecule has 3 aliphatic rings. The Balaban J connectivity index is 1.54. The summed E-state index contributed by atoms with van der Waals surface area (Å²) in [4.78, 5) is 55.3. The van der Waals surface area contributed by atoms with Crippen molar-refractivity contribution in [2.24, 2.45) is 5.41 Å². The number of carbonyl (C=O) groups is 4. The Kier molecular flexibility index (Phi) is 9.99. The van der Waals surface area contributed by atoms with Gasteiger partial charge >= 0.3 is 18.2 Å². The van der Waals surface area contributed by atoms with E-state index in [0.29, 0.717) is 19.7 Å². The Morgan fingerprint density at radius 1 is 0.976 bits per heavy atom. The lowest BCUT2D eigenvalue weighted by Crippen LogP contribution is -2.57. The van der Waals surface area contributed by atoms with Crippen LogP contribution in [-0.2, 0) is 36.9 Å². The highest BCUT2D eigenvalue weighted by molar-refractivity contribution is 5.91. The minimum absolute atomic E-state index is 0.00277. The van der Waals surface area contributed by atoms with Gasteiger partial charge < -0.3 is 29.2 Å². The third kappa shape index (κ3) is 7.62. The van der Waals surface area contributed by atoms with E-state index in [4.69, 9.17) is 18.9 Å². The average Bonchev–Trinajstić information content (AvgIpc) is 3.56. The van der Waals surface area contributed by atoms with Gasteiger partial charge in [-0.25, -0.2) is 14.4 Å². The first-order valence-electron chi connectivity index (χ1n) is 14.6. The van der Waals surface area contributed by atoms with E-state index in [9.17, 15) is 19.2 Å². The van der Waals surface area contributed by atoms with E-state index in [2.05, 4.69) is 5.32 Å². The van der Waals surface area contributed by atoms with Crippen molar-refractivity contribution in [3.05, 3.63) is 29.3 Å². The number of methoxy groups -OCH3 is 1. The molecule has 11 heteroatoms. The van der Waals surface area contributed by atoms with Crippen LogP contribution in [0.4, 0.5) is 9.59 Å². The number of fused-ring (bicyclic) bond motifs is 3. The zero-order valence-corrected chi connectivity index (χ0v) is 24.6. The molecule has 3 amide bonds. The molecule has 1 N–H and O–H groups in total. The second-order valence-corrected chi connectivity index (χ2v) is 12.1. The molecule has 2 unspecified atom stereocenters. The molecule has 4 bridgehead atoms. The van der Waals surface area contributed by atoms with Crippen LogP contribution >= 0.6 is 0 Å². The minimum Gasteiger partial charge on any atom is -0.493 e. The van der Waals surface area contributed by atoms with Crippen LogP contribution in [0.5, 0.6) is 5.75 Å². The van der Waals surface area contributed by atoms with Crippen molar-refractivity contribution in [3.63, 3.8) is 0 Å². The number of hydrogen-bond donors (Lipinski definition) is 1. The SMILES string of the molecule is COC(=O)C1CC2CN1C(=O)[C@H](C(C)(C)C)NC(=O)OCCCCCCCCOc1cccc3c1CN(C3)C(=O)O2. The molecule has 0 radical (unpaired) electrons. The van der Waals surface area contributed by atoms with Gasteiger partial charge in [0.15, 0.2) is 0 Å². The summed E-state index contributed by atoms with van der Waals surface area (Å²) in [6.07, 6.45) is 3.88. The maximum atomic E-state index is 13.8. The molecule has 0 spiro atoms. The molecule has 1 fully saturated rings. The summed E-state index contributed by atoms with van der Waals surface area (Å²) in [7, 11) is 1.25. The van der Waals surface area contributed by atoms with Gasteiger partial charge in [0.05, 0.1) is 33.4 Å². The summed E-state index contributed by atoms with van der Waals surface area (Å²) in [5.74, 6) is -0.289. The number of amides is 3. The molecule has 1 aromatic rings. The van der Waals surface area contributed by atoms with Crippen molar-refractivity contribution in [1.29, 1.82) is 0 Å². The van der Waals surface area contributed by atoms with E-state index in [-0.39, 0.29) is 19.6 Å². The zero-order chi connectivity index (χ0) is 29.6. The zero-order valence-electron chi connectivity index (χ0n) is 24.6. The van der Waals surface area contributed by atoms with Crippen molar-refractivity contribution >= 4 is 24.1 Å². The van der Waals surface area contributed by atoms with Crippen molar-refractivity contribution in [2.45, 2.75) is 97.0 Å².